The van der Waals surface area contributed by atoms with E-state index in [1.807, 2.05) is 4.90 Å². The largest absolute Gasteiger partial charge is 0.377 e. The smallest absolute Gasteiger partial charge is 0.232 e. The van der Waals surface area contributed by atoms with Gasteiger partial charge in [0.25, 0.3) is 0 Å². The highest BCUT2D eigenvalue weighted by molar-refractivity contribution is 5.96. The van der Waals surface area contributed by atoms with Crippen molar-refractivity contribution in [2.45, 2.75) is 45.6 Å². The molecule has 2 atom stereocenters. The quantitative estimate of drug-likeness (QED) is 0.901. The summed E-state index contributed by atoms with van der Waals surface area (Å²) in [6, 6.07) is 0. The molecule has 5 nitrogen and oxygen atoms in total. The number of amides is 1. The molecule has 2 aliphatic rings. The van der Waals surface area contributed by atoms with Gasteiger partial charge in [-0.15, -0.1) is 0 Å². The molecule has 1 fully saturated rings. The van der Waals surface area contributed by atoms with E-state index in [0.717, 1.165) is 50.2 Å². The Morgan fingerprint density at radius 2 is 2.35 bits per heavy atom. The van der Waals surface area contributed by atoms with Gasteiger partial charge in [-0.1, -0.05) is 13.8 Å². The fourth-order valence-electron chi connectivity index (χ4n) is 3.41. The zero-order chi connectivity index (χ0) is 14.1. The van der Waals surface area contributed by atoms with Crippen LogP contribution in [-0.4, -0.2) is 35.4 Å². The zero-order valence-electron chi connectivity index (χ0n) is 12.3. The SMILES string of the molecule is CC(C)[C@@H]1OCCC[C@@H]1C(=O)N1CCCc2[nH]ncc21. The first-order chi connectivity index (χ1) is 9.68. The highest BCUT2D eigenvalue weighted by Crippen LogP contribution is 2.32. The van der Waals surface area contributed by atoms with Crippen LogP contribution in [0.2, 0.25) is 0 Å². The maximum atomic E-state index is 12.9. The molecule has 20 heavy (non-hydrogen) atoms. The van der Waals surface area contributed by atoms with Crippen molar-refractivity contribution in [2.75, 3.05) is 18.1 Å². The number of carbonyl (C=O) groups excluding carboxylic acids is 1. The molecule has 0 spiro atoms. The number of rotatable bonds is 2. The second-order valence-electron chi connectivity index (χ2n) is 6.16. The predicted molar refractivity (Wildman–Crippen MR) is 76.6 cm³/mol. The summed E-state index contributed by atoms with van der Waals surface area (Å²) in [6.45, 7) is 5.85. The van der Waals surface area contributed by atoms with Crippen LogP contribution in [0.3, 0.4) is 0 Å². The number of anilines is 1. The van der Waals surface area contributed by atoms with Crippen molar-refractivity contribution in [3.05, 3.63) is 11.9 Å². The van der Waals surface area contributed by atoms with Gasteiger partial charge in [0.05, 0.1) is 29.6 Å². The molecule has 1 N–H and O–H groups in total. The summed E-state index contributed by atoms with van der Waals surface area (Å²) in [7, 11) is 0. The minimum absolute atomic E-state index is 0.00963. The summed E-state index contributed by atoms with van der Waals surface area (Å²) in [5, 5.41) is 7.09. The van der Waals surface area contributed by atoms with E-state index < -0.39 is 0 Å². The van der Waals surface area contributed by atoms with Gasteiger partial charge in [0.1, 0.15) is 0 Å². The fourth-order valence-corrected chi connectivity index (χ4v) is 3.41. The molecule has 0 radical (unpaired) electrons. The molecule has 1 aromatic heterocycles. The Kier molecular flexibility index (Phi) is 3.78. The molecule has 0 saturated carbocycles. The summed E-state index contributed by atoms with van der Waals surface area (Å²) < 4.78 is 5.86. The van der Waals surface area contributed by atoms with Crippen LogP contribution in [0.1, 0.15) is 38.8 Å². The van der Waals surface area contributed by atoms with Crippen LogP contribution < -0.4 is 4.90 Å². The number of hydrogen-bond acceptors (Lipinski definition) is 3. The van der Waals surface area contributed by atoms with Crippen LogP contribution in [-0.2, 0) is 16.0 Å². The third-order valence-electron chi connectivity index (χ3n) is 4.40. The predicted octanol–water partition coefficient (Wildman–Crippen LogP) is 2.14. The Bertz CT molecular complexity index is 483. The van der Waals surface area contributed by atoms with Crippen LogP contribution in [0, 0.1) is 11.8 Å². The first kappa shape index (κ1) is 13.6. The minimum atomic E-state index is -0.00963. The molecule has 3 rings (SSSR count). The first-order valence-electron chi connectivity index (χ1n) is 7.63. The molecule has 0 unspecified atom stereocenters. The van der Waals surface area contributed by atoms with E-state index in [4.69, 9.17) is 4.74 Å². The first-order valence-corrected chi connectivity index (χ1v) is 7.63. The number of hydrogen-bond donors (Lipinski definition) is 1. The van der Waals surface area contributed by atoms with Crippen LogP contribution >= 0.6 is 0 Å². The molecule has 0 aliphatic carbocycles. The fraction of sp³-hybridized carbons (Fsp3) is 0.733. The summed E-state index contributed by atoms with van der Waals surface area (Å²) in [5.74, 6) is 0.577. The summed E-state index contributed by atoms with van der Waals surface area (Å²) in [5.41, 5.74) is 2.05. The number of aromatic amines is 1. The third-order valence-corrected chi connectivity index (χ3v) is 4.40. The van der Waals surface area contributed by atoms with Gasteiger partial charge in [-0.3, -0.25) is 9.89 Å². The average molecular weight is 277 g/mol. The lowest BCUT2D eigenvalue weighted by Crippen LogP contribution is -2.47. The van der Waals surface area contributed by atoms with Gasteiger partial charge in [-0.05, 0) is 31.6 Å². The van der Waals surface area contributed by atoms with Crippen LogP contribution in [0.5, 0.6) is 0 Å². The molecule has 1 aromatic rings. The lowest BCUT2D eigenvalue weighted by atomic mass is 9.86. The third kappa shape index (κ3) is 2.35. The molecular weight excluding hydrogens is 254 g/mol. The van der Waals surface area contributed by atoms with Crippen molar-refractivity contribution in [2.24, 2.45) is 11.8 Å². The Morgan fingerprint density at radius 3 is 3.15 bits per heavy atom. The zero-order valence-corrected chi connectivity index (χ0v) is 12.3. The molecule has 2 aliphatic heterocycles. The van der Waals surface area contributed by atoms with Crippen LogP contribution in [0.4, 0.5) is 5.69 Å². The van der Waals surface area contributed by atoms with Gasteiger partial charge < -0.3 is 9.64 Å². The summed E-state index contributed by atoms with van der Waals surface area (Å²) >= 11 is 0. The Hall–Kier alpha value is -1.36. The van der Waals surface area contributed by atoms with Crippen LogP contribution in [0.15, 0.2) is 6.20 Å². The lowest BCUT2D eigenvalue weighted by molar-refractivity contribution is -0.134. The number of H-pyrrole nitrogens is 1. The van der Waals surface area contributed by atoms with E-state index in [1.54, 1.807) is 6.20 Å². The maximum Gasteiger partial charge on any atom is 0.232 e. The van der Waals surface area contributed by atoms with Gasteiger partial charge in [-0.25, -0.2) is 0 Å². The Balaban J connectivity index is 1.82. The molecule has 3 heterocycles. The van der Waals surface area contributed by atoms with Gasteiger partial charge >= 0.3 is 0 Å². The standard InChI is InChI=1S/C15H23N3O2/c1-10(2)14-11(5-4-8-20-14)15(19)18-7-3-6-12-13(18)9-16-17-12/h9-11,14H,3-8H2,1-2H3,(H,16,17)/t11-,14-/m0/s1. The van der Waals surface area contributed by atoms with Crippen molar-refractivity contribution >= 4 is 11.6 Å². The molecule has 0 aromatic carbocycles. The van der Waals surface area contributed by atoms with Gasteiger partial charge in [-0.2, -0.15) is 5.10 Å². The van der Waals surface area contributed by atoms with Crippen molar-refractivity contribution in [3.8, 4) is 0 Å². The van der Waals surface area contributed by atoms with E-state index in [-0.39, 0.29) is 17.9 Å². The minimum Gasteiger partial charge on any atom is -0.377 e. The molecule has 1 saturated heterocycles. The number of carbonyl (C=O) groups is 1. The Morgan fingerprint density at radius 1 is 1.50 bits per heavy atom. The van der Waals surface area contributed by atoms with E-state index in [9.17, 15) is 4.79 Å². The highest BCUT2D eigenvalue weighted by Gasteiger charge is 2.38. The Labute approximate surface area is 119 Å². The molecular formula is C15H23N3O2. The molecule has 1 amide bonds. The average Bonchev–Trinajstić information content (AvgIpc) is 2.94. The summed E-state index contributed by atoms with van der Waals surface area (Å²) in [4.78, 5) is 14.8. The lowest BCUT2D eigenvalue weighted by Gasteiger charge is -2.37. The highest BCUT2D eigenvalue weighted by atomic mass is 16.5. The number of nitrogens with zero attached hydrogens (tertiary/aromatic N) is 2. The molecule has 110 valence electrons. The van der Waals surface area contributed by atoms with Crippen molar-refractivity contribution in [1.82, 2.24) is 10.2 Å². The number of nitrogens with one attached hydrogen (secondary N) is 1. The van der Waals surface area contributed by atoms with Crippen molar-refractivity contribution in [1.29, 1.82) is 0 Å². The number of aryl methyl sites for hydroxylation is 1. The van der Waals surface area contributed by atoms with Crippen molar-refractivity contribution in [3.63, 3.8) is 0 Å². The van der Waals surface area contributed by atoms with Gasteiger partial charge in [0.15, 0.2) is 0 Å². The van der Waals surface area contributed by atoms with Gasteiger partial charge in [0.2, 0.25) is 5.91 Å². The number of ether oxygens (including phenoxy) is 1. The molecule has 0 bridgehead atoms. The number of aromatic nitrogens is 2. The second-order valence-corrected chi connectivity index (χ2v) is 6.16. The second kappa shape index (κ2) is 5.56. The maximum absolute atomic E-state index is 12.9. The van der Waals surface area contributed by atoms with E-state index in [1.165, 1.54) is 0 Å². The summed E-state index contributed by atoms with van der Waals surface area (Å²) in [6.07, 6.45) is 5.72. The van der Waals surface area contributed by atoms with E-state index >= 15 is 0 Å². The van der Waals surface area contributed by atoms with Crippen molar-refractivity contribution < 1.29 is 9.53 Å². The van der Waals surface area contributed by atoms with E-state index in [0.29, 0.717) is 5.92 Å². The topological polar surface area (TPSA) is 58.2 Å². The monoisotopic (exact) mass is 277 g/mol. The van der Waals surface area contributed by atoms with Gasteiger partial charge in [0, 0.05) is 13.2 Å². The van der Waals surface area contributed by atoms with E-state index in [2.05, 4.69) is 24.0 Å². The molecule has 5 heteroatoms. The normalized spacial score (nSPS) is 26.6. The number of fused-ring (bicyclic) bond motifs is 1. The van der Waals surface area contributed by atoms with Crippen LogP contribution in [0.25, 0.3) is 0 Å².